The molecule has 0 aromatic heterocycles. The zero-order chi connectivity index (χ0) is 15.7. The fourth-order valence-corrected chi connectivity index (χ4v) is 2.16. The molecule has 0 radical (unpaired) electrons. The molecule has 2 unspecified atom stereocenters. The highest BCUT2D eigenvalue weighted by Crippen LogP contribution is 2.13. The SMILES string of the molecule is CCCCC(C(=O)O)N(N)C(=O)OC1C#CCCCCC1. The lowest BCUT2D eigenvalue weighted by Crippen LogP contribution is -2.50. The third-order valence-corrected chi connectivity index (χ3v) is 3.44. The lowest BCUT2D eigenvalue weighted by Gasteiger charge is -2.25. The van der Waals surface area contributed by atoms with Gasteiger partial charge in [0.1, 0.15) is 6.04 Å². The Kier molecular flexibility index (Phi) is 7.62. The molecule has 0 saturated heterocycles. The Hall–Kier alpha value is -1.74. The van der Waals surface area contributed by atoms with E-state index in [2.05, 4.69) is 11.8 Å². The van der Waals surface area contributed by atoms with Crippen molar-refractivity contribution in [3.8, 4) is 11.8 Å². The first kappa shape index (κ1) is 17.3. The molecule has 0 spiro atoms. The Bertz CT molecular complexity index is 414. The standard InChI is InChI=1S/C15H24N2O4/c1-2-3-11-13(14(18)19)17(16)15(20)21-12-9-7-5-4-6-8-10-12/h12-13H,2-7,9,11,16H2,1H3,(H,18,19). The summed E-state index contributed by atoms with van der Waals surface area (Å²) < 4.78 is 5.22. The molecule has 0 aromatic carbocycles. The van der Waals surface area contributed by atoms with Crippen LogP contribution in [0.15, 0.2) is 0 Å². The van der Waals surface area contributed by atoms with Gasteiger partial charge in [-0.1, -0.05) is 38.0 Å². The minimum atomic E-state index is -1.12. The molecule has 1 rings (SSSR count). The van der Waals surface area contributed by atoms with E-state index in [-0.39, 0.29) is 0 Å². The number of hydrogen-bond donors (Lipinski definition) is 2. The molecule has 6 nitrogen and oxygen atoms in total. The van der Waals surface area contributed by atoms with Crippen LogP contribution in [0.5, 0.6) is 0 Å². The number of ether oxygens (including phenoxy) is 1. The number of hydrazine groups is 1. The third kappa shape index (κ3) is 6.05. The maximum Gasteiger partial charge on any atom is 0.426 e. The van der Waals surface area contributed by atoms with Gasteiger partial charge in [-0.05, 0) is 25.7 Å². The lowest BCUT2D eigenvalue weighted by molar-refractivity contribution is -0.143. The molecular weight excluding hydrogens is 272 g/mol. The topological polar surface area (TPSA) is 92.9 Å². The van der Waals surface area contributed by atoms with E-state index in [1.807, 2.05) is 6.92 Å². The van der Waals surface area contributed by atoms with Gasteiger partial charge in [-0.3, -0.25) is 0 Å². The van der Waals surface area contributed by atoms with Crippen molar-refractivity contribution in [1.82, 2.24) is 5.01 Å². The van der Waals surface area contributed by atoms with Gasteiger partial charge in [0.15, 0.2) is 6.10 Å². The van der Waals surface area contributed by atoms with Crippen LogP contribution in [0.3, 0.4) is 0 Å². The van der Waals surface area contributed by atoms with Crippen molar-refractivity contribution in [3.05, 3.63) is 0 Å². The van der Waals surface area contributed by atoms with E-state index in [1.54, 1.807) is 0 Å². The molecule has 1 aliphatic rings. The summed E-state index contributed by atoms with van der Waals surface area (Å²) in [5.74, 6) is 10.4. The molecule has 0 aromatic rings. The molecule has 21 heavy (non-hydrogen) atoms. The monoisotopic (exact) mass is 296 g/mol. The Morgan fingerprint density at radius 2 is 2.19 bits per heavy atom. The van der Waals surface area contributed by atoms with Gasteiger partial charge in [0.2, 0.25) is 0 Å². The summed E-state index contributed by atoms with van der Waals surface area (Å²) in [4.78, 5) is 23.2. The van der Waals surface area contributed by atoms with Gasteiger partial charge in [0.25, 0.3) is 0 Å². The molecule has 2 atom stereocenters. The number of carbonyl (C=O) groups is 2. The van der Waals surface area contributed by atoms with Crippen LogP contribution < -0.4 is 5.84 Å². The second-order valence-corrected chi connectivity index (χ2v) is 5.20. The number of aliphatic carboxylic acids is 1. The van der Waals surface area contributed by atoms with Crippen molar-refractivity contribution in [2.24, 2.45) is 5.84 Å². The summed E-state index contributed by atoms with van der Waals surface area (Å²) in [6, 6.07) is -1.06. The number of carboxylic acids is 1. The van der Waals surface area contributed by atoms with Crippen LogP contribution in [0.4, 0.5) is 4.79 Å². The summed E-state index contributed by atoms with van der Waals surface area (Å²) in [6.07, 6.45) is 5.04. The normalized spacial score (nSPS) is 19.4. The van der Waals surface area contributed by atoms with Crippen LogP contribution in [-0.2, 0) is 9.53 Å². The predicted octanol–water partition coefficient (Wildman–Crippen LogP) is 2.28. The molecule has 0 fully saturated rings. The van der Waals surface area contributed by atoms with E-state index < -0.39 is 24.2 Å². The number of carboxylic acid groups (broad SMARTS) is 1. The lowest BCUT2D eigenvalue weighted by atomic mass is 10.1. The average molecular weight is 296 g/mol. The Balaban J connectivity index is 2.60. The van der Waals surface area contributed by atoms with Gasteiger partial charge in [-0.2, -0.15) is 0 Å². The maximum absolute atomic E-state index is 12.0. The fourth-order valence-electron chi connectivity index (χ4n) is 2.16. The summed E-state index contributed by atoms with van der Waals surface area (Å²) in [6.45, 7) is 1.95. The Morgan fingerprint density at radius 3 is 2.86 bits per heavy atom. The van der Waals surface area contributed by atoms with Crippen molar-refractivity contribution < 1.29 is 19.4 Å². The molecule has 0 saturated carbocycles. The third-order valence-electron chi connectivity index (χ3n) is 3.44. The molecule has 3 N–H and O–H groups in total. The number of rotatable bonds is 6. The van der Waals surface area contributed by atoms with E-state index >= 15 is 0 Å². The van der Waals surface area contributed by atoms with Crippen molar-refractivity contribution in [1.29, 1.82) is 0 Å². The minimum Gasteiger partial charge on any atom is -0.480 e. The fraction of sp³-hybridized carbons (Fsp3) is 0.733. The van der Waals surface area contributed by atoms with Crippen LogP contribution in [0, 0.1) is 11.8 Å². The first-order valence-electron chi connectivity index (χ1n) is 7.52. The van der Waals surface area contributed by atoms with Crippen LogP contribution in [0.25, 0.3) is 0 Å². The highest BCUT2D eigenvalue weighted by atomic mass is 16.6. The first-order valence-corrected chi connectivity index (χ1v) is 7.52. The Morgan fingerprint density at radius 1 is 1.43 bits per heavy atom. The highest BCUT2D eigenvalue weighted by Gasteiger charge is 2.29. The van der Waals surface area contributed by atoms with Gasteiger partial charge in [-0.15, -0.1) is 0 Å². The minimum absolute atomic E-state index is 0.313. The first-order chi connectivity index (χ1) is 10.1. The quantitative estimate of drug-likeness (QED) is 0.339. The molecule has 0 heterocycles. The molecular formula is C15H24N2O4. The second-order valence-electron chi connectivity index (χ2n) is 5.20. The molecule has 1 aliphatic carbocycles. The van der Waals surface area contributed by atoms with E-state index in [0.717, 1.165) is 32.1 Å². The number of nitrogens with zero attached hydrogens (tertiary/aromatic N) is 1. The van der Waals surface area contributed by atoms with Gasteiger partial charge in [0.05, 0.1) is 0 Å². The van der Waals surface area contributed by atoms with Gasteiger partial charge >= 0.3 is 12.1 Å². The van der Waals surface area contributed by atoms with Crippen molar-refractivity contribution in [2.75, 3.05) is 0 Å². The largest absolute Gasteiger partial charge is 0.480 e. The molecule has 6 heteroatoms. The summed E-state index contributed by atoms with van der Waals surface area (Å²) in [5.41, 5.74) is 0. The van der Waals surface area contributed by atoms with E-state index in [0.29, 0.717) is 24.3 Å². The van der Waals surface area contributed by atoms with Crippen molar-refractivity contribution >= 4 is 12.1 Å². The average Bonchev–Trinajstić information content (AvgIpc) is 2.41. The summed E-state index contributed by atoms with van der Waals surface area (Å²) in [7, 11) is 0. The Labute approximate surface area is 125 Å². The smallest absolute Gasteiger partial charge is 0.426 e. The summed E-state index contributed by atoms with van der Waals surface area (Å²) >= 11 is 0. The van der Waals surface area contributed by atoms with Crippen molar-refractivity contribution in [2.45, 2.75) is 70.4 Å². The van der Waals surface area contributed by atoms with Gasteiger partial charge in [-0.25, -0.2) is 20.4 Å². The number of carbonyl (C=O) groups excluding carboxylic acids is 1. The van der Waals surface area contributed by atoms with Crippen LogP contribution in [-0.4, -0.2) is 34.3 Å². The van der Waals surface area contributed by atoms with Gasteiger partial charge in [0, 0.05) is 6.42 Å². The van der Waals surface area contributed by atoms with E-state index in [9.17, 15) is 9.59 Å². The number of hydrogen-bond acceptors (Lipinski definition) is 4. The van der Waals surface area contributed by atoms with Crippen LogP contribution in [0.1, 0.15) is 58.3 Å². The van der Waals surface area contributed by atoms with Crippen LogP contribution in [0.2, 0.25) is 0 Å². The van der Waals surface area contributed by atoms with Crippen LogP contribution >= 0.6 is 0 Å². The zero-order valence-corrected chi connectivity index (χ0v) is 12.5. The van der Waals surface area contributed by atoms with Crippen molar-refractivity contribution in [3.63, 3.8) is 0 Å². The van der Waals surface area contributed by atoms with Gasteiger partial charge < -0.3 is 9.84 Å². The molecule has 118 valence electrons. The second kappa shape index (κ2) is 9.24. The zero-order valence-electron chi connectivity index (χ0n) is 12.5. The predicted molar refractivity (Wildman–Crippen MR) is 78.1 cm³/mol. The summed E-state index contributed by atoms with van der Waals surface area (Å²) in [5, 5.41) is 9.83. The maximum atomic E-state index is 12.0. The molecule has 0 aliphatic heterocycles. The molecule has 0 bridgehead atoms. The highest BCUT2D eigenvalue weighted by molar-refractivity contribution is 5.79. The number of amides is 1. The number of unbranched alkanes of at least 4 members (excludes halogenated alkanes) is 1. The molecule has 1 amide bonds. The van der Waals surface area contributed by atoms with E-state index in [1.165, 1.54) is 0 Å². The van der Waals surface area contributed by atoms with E-state index in [4.69, 9.17) is 15.7 Å². The number of nitrogens with two attached hydrogens (primary N) is 1.